The third-order valence-corrected chi connectivity index (χ3v) is 1.70. The molecule has 0 radical (unpaired) electrons. The molecular weight excluding hydrogens is 200 g/mol. The van der Waals surface area contributed by atoms with E-state index in [9.17, 15) is 4.79 Å². The van der Waals surface area contributed by atoms with Gasteiger partial charge in [0, 0.05) is 0 Å². The van der Waals surface area contributed by atoms with Crippen LogP contribution in [0.4, 0.5) is 0 Å². The molecule has 16 heavy (non-hydrogen) atoms. The van der Waals surface area contributed by atoms with Gasteiger partial charge in [0.15, 0.2) is 0 Å². The Labute approximate surface area is 99.6 Å². The fourth-order valence-electron chi connectivity index (χ4n) is 0.945. The summed E-state index contributed by atoms with van der Waals surface area (Å²) in [4.78, 5) is 10.8. The second-order valence-electron chi connectivity index (χ2n) is 2.74. The van der Waals surface area contributed by atoms with Gasteiger partial charge in [-0.25, -0.2) is 0 Å². The number of methoxy groups -OCH3 is 1. The summed E-state index contributed by atoms with van der Waals surface area (Å²) in [6.45, 7) is 10.0. The highest BCUT2D eigenvalue weighted by Gasteiger charge is 2.00. The van der Waals surface area contributed by atoms with Crippen LogP contribution in [0.15, 0.2) is 24.3 Å². The molecule has 0 spiro atoms. The van der Waals surface area contributed by atoms with Gasteiger partial charge in [-0.05, 0) is 12.5 Å². The quantitative estimate of drug-likeness (QED) is 0.715. The predicted octanol–water partition coefficient (Wildman–Crippen LogP) is 3.76. The lowest BCUT2D eigenvalue weighted by atomic mass is 10.1. The van der Waals surface area contributed by atoms with Crippen LogP contribution < -0.4 is 0 Å². The summed E-state index contributed by atoms with van der Waals surface area (Å²) in [6.07, 6.45) is 0.358. The number of rotatable bonds is 2. The van der Waals surface area contributed by atoms with Crippen LogP contribution in [-0.4, -0.2) is 13.1 Å². The van der Waals surface area contributed by atoms with Gasteiger partial charge in [-0.3, -0.25) is 4.79 Å². The van der Waals surface area contributed by atoms with Crippen LogP contribution in [0.2, 0.25) is 0 Å². The van der Waals surface area contributed by atoms with Crippen molar-refractivity contribution in [2.45, 2.75) is 41.0 Å². The molecule has 0 aromatic heterocycles. The first-order valence-corrected chi connectivity index (χ1v) is 5.84. The van der Waals surface area contributed by atoms with Crippen LogP contribution in [0.5, 0.6) is 0 Å². The van der Waals surface area contributed by atoms with Crippen molar-refractivity contribution < 1.29 is 9.53 Å². The summed E-state index contributed by atoms with van der Waals surface area (Å²) in [7, 11) is 1.40. The van der Waals surface area contributed by atoms with Gasteiger partial charge < -0.3 is 4.74 Å². The third kappa shape index (κ3) is 8.04. The number of esters is 1. The fraction of sp³-hybridized carbons (Fsp3) is 0.500. The SMILES string of the molecule is CC.CC.COC(=O)Cc1ccc(C)cc1. The summed E-state index contributed by atoms with van der Waals surface area (Å²) in [5, 5.41) is 0. The van der Waals surface area contributed by atoms with Crippen molar-refractivity contribution in [2.75, 3.05) is 7.11 Å². The molecule has 92 valence electrons. The smallest absolute Gasteiger partial charge is 0.309 e. The molecule has 0 N–H and O–H groups in total. The molecule has 0 saturated carbocycles. The Morgan fingerprint density at radius 1 is 1.06 bits per heavy atom. The molecule has 2 heteroatoms. The Kier molecular flexibility index (Phi) is 12.6. The van der Waals surface area contributed by atoms with Gasteiger partial charge in [-0.1, -0.05) is 57.5 Å². The lowest BCUT2D eigenvalue weighted by Crippen LogP contribution is -2.03. The average molecular weight is 224 g/mol. The van der Waals surface area contributed by atoms with E-state index in [1.54, 1.807) is 0 Å². The molecule has 1 aromatic rings. The first-order valence-electron chi connectivity index (χ1n) is 5.84. The number of hydrogen-bond donors (Lipinski definition) is 0. The first-order chi connectivity index (χ1) is 7.72. The van der Waals surface area contributed by atoms with Gasteiger partial charge in [0.05, 0.1) is 13.5 Å². The molecular formula is C14H24O2. The minimum absolute atomic E-state index is 0.196. The Bertz CT molecular complexity index is 263. The molecule has 1 aromatic carbocycles. The molecule has 0 atom stereocenters. The molecule has 0 aliphatic carbocycles. The van der Waals surface area contributed by atoms with Crippen molar-refractivity contribution in [2.24, 2.45) is 0 Å². The van der Waals surface area contributed by atoms with Gasteiger partial charge in [0.1, 0.15) is 0 Å². The molecule has 0 bridgehead atoms. The molecule has 1 rings (SSSR count). The maximum Gasteiger partial charge on any atom is 0.309 e. The van der Waals surface area contributed by atoms with E-state index >= 15 is 0 Å². The van der Waals surface area contributed by atoms with E-state index in [4.69, 9.17) is 0 Å². The number of aryl methyl sites for hydroxylation is 1. The topological polar surface area (TPSA) is 26.3 Å². The van der Waals surface area contributed by atoms with Crippen LogP contribution >= 0.6 is 0 Å². The molecule has 0 fully saturated rings. The number of hydrogen-bond acceptors (Lipinski definition) is 2. The van der Waals surface area contributed by atoms with E-state index in [2.05, 4.69) is 4.74 Å². The monoisotopic (exact) mass is 224 g/mol. The normalized spacial score (nSPS) is 7.88. The van der Waals surface area contributed by atoms with E-state index in [1.807, 2.05) is 58.9 Å². The molecule has 0 heterocycles. The van der Waals surface area contributed by atoms with Crippen molar-refractivity contribution in [1.82, 2.24) is 0 Å². The van der Waals surface area contributed by atoms with Gasteiger partial charge in [0.25, 0.3) is 0 Å². The second-order valence-corrected chi connectivity index (χ2v) is 2.74. The Morgan fingerprint density at radius 2 is 1.50 bits per heavy atom. The summed E-state index contributed by atoms with van der Waals surface area (Å²) in [5.74, 6) is -0.196. The summed E-state index contributed by atoms with van der Waals surface area (Å²) < 4.78 is 4.55. The molecule has 0 aliphatic heterocycles. The first kappa shape index (κ1) is 17.1. The zero-order valence-corrected chi connectivity index (χ0v) is 11.3. The highest BCUT2D eigenvalue weighted by atomic mass is 16.5. The standard InChI is InChI=1S/C10H12O2.2C2H6/c1-8-3-5-9(6-4-8)7-10(11)12-2;2*1-2/h3-6H,7H2,1-2H3;2*1-2H3. The Hall–Kier alpha value is -1.31. The minimum Gasteiger partial charge on any atom is -0.469 e. The van der Waals surface area contributed by atoms with Crippen molar-refractivity contribution in [1.29, 1.82) is 0 Å². The van der Waals surface area contributed by atoms with E-state index in [0.717, 1.165) is 5.56 Å². The summed E-state index contributed by atoms with van der Waals surface area (Å²) in [6, 6.07) is 7.84. The fourth-order valence-corrected chi connectivity index (χ4v) is 0.945. The van der Waals surface area contributed by atoms with Crippen LogP contribution in [-0.2, 0) is 16.0 Å². The number of carbonyl (C=O) groups excluding carboxylic acids is 1. The molecule has 0 unspecified atom stereocenters. The van der Waals surface area contributed by atoms with E-state index < -0.39 is 0 Å². The van der Waals surface area contributed by atoms with Crippen molar-refractivity contribution in [3.05, 3.63) is 35.4 Å². The van der Waals surface area contributed by atoms with Crippen molar-refractivity contribution in [3.63, 3.8) is 0 Å². The number of ether oxygens (including phenoxy) is 1. The average Bonchev–Trinajstić information content (AvgIpc) is 2.37. The maximum absolute atomic E-state index is 10.8. The predicted molar refractivity (Wildman–Crippen MR) is 69.6 cm³/mol. The lowest BCUT2D eigenvalue weighted by molar-refractivity contribution is -0.139. The van der Waals surface area contributed by atoms with Gasteiger partial charge in [-0.2, -0.15) is 0 Å². The van der Waals surface area contributed by atoms with Gasteiger partial charge in [0.2, 0.25) is 0 Å². The molecule has 2 nitrogen and oxygen atoms in total. The molecule has 0 aliphatic rings. The van der Waals surface area contributed by atoms with Crippen LogP contribution in [0.25, 0.3) is 0 Å². The summed E-state index contributed by atoms with van der Waals surface area (Å²) >= 11 is 0. The second kappa shape index (κ2) is 11.8. The van der Waals surface area contributed by atoms with Crippen molar-refractivity contribution in [3.8, 4) is 0 Å². The third-order valence-electron chi connectivity index (χ3n) is 1.70. The Morgan fingerprint density at radius 3 is 1.88 bits per heavy atom. The van der Waals surface area contributed by atoms with E-state index in [-0.39, 0.29) is 5.97 Å². The zero-order valence-electron chi connectivity index (χ0n) is 11.3. The van der Waals surface area contributed by atoms with Crippen LogP contribution in [0.1, 0.15) is 38.8 Å². The highest BCUT2D eigenvalue weighted by molar-refractivity contribution is 5.72. The van der Waals surface area contributed by atoms with Crippen LogP contribution in [0.3, 0.4) is 0 Å². The molecule has 0 saturated heterocycles. The number of benzene rings is 1. The van der Waals surface area contributed by atoms with E-state index in [0.29, 0.717) is 6.42 Å². The van der Waals surface area contributed by atoms with Gasteiger partial charge >= 0.3 is 5.97 Å². The maximum atomic E-state index is 10.8. The van der Waals surface area contributed by atoms with Gasteiger partial charge in [-0.15, -0.1) is 0 Å². The molecule has 0 amide bonds. The minimum atomic E-state index is -0.196. The lowest BCUT2D eigenvalue weighted by Gasteiger charge is -1.99. The number of carbonyl (C=O) groups is 1. The van der Waals surface area contributed by atoms with E-state index in [1.165, 1.54) is 12.7 Å². The Balaban J connectivity index is 0. The highest BCUT2D eigenvalue weighted by Crippen LogP contribution is 2.04. The largest absolute Gasteiger partial charge is 0.469 e. The summed E-state index contributed by atoms with van der Waals surface area (Å²) in [5.41, 5.74) is 2.19. The van der Waals surface area contributed by atoms with Crippen LogP contribution in [0, 0.1) is 6.92 Å². The zero-order chi connectivity index (χ0) is 13.0. The van der Waals surface area contributed by atoms with Crippen molar-refractivity contribution >= 4 is 5.97 Å².